The summed E-state index contributed by atoms with van der Waals surface area (Å²) in [6, 6.07) is 9.94. The van der Waals surface area contributed by atoms with Gasteiger partial charge in [0.25, 0.3) is 0 Å². The fraction of sp³-hybridized carbons (Fsp3) is 0.188. The molecule has 1 heterocycles. The van der Waals surface area contributed by atoms with Gasteiger partial charge in [-0.1, -0.05) is 18.2 Å². The van der Waals surface area contributed by atoms with Crippen molar-refractivity contribution in [2.75, 3.05) is 12.9 Å². The zero-order valence-electron chi connectivity index (χ0n) is 11.9. The Morgan fingerprint density at radius 3 is 2.59 bits per heavy atom. The van der Waals surface area contributed by atoms with Gasteiger partial charge in [-0.3, -0.25) is 4.79 Å². The molecular formula is C16H14O5S. The van der Waals surface area contributed by atoms with E-state index in [0.29, 0.717) is 16.9 Å². The third-order valence-corrected chi connectivity index (χ3v) is 5.36. The molecule has 0 saturated heterocycles. The Morgan fingerprint density at radius 2 is 1.91 bits per heavy atom. The molecule has 2 aromatic rings. The third-order valence-electron chi connectivity index (χ3n) is 3.70. The number of hydrogen-bond donors (Lipinski definition) is 1. The second-order valence-electron chi connectivity index (χ2n) is 5.09. The van der Waals surface area contributed by atoms with Gasteiger partial charge in [0.2, 0.25) is 0 Å². The quantitative estimate of drug-likeness (QED) is 0.934. The smallest absolute Gasteiger partial charge is 0.186 e. The standard InChI is InChI=1S/C16H14O5S/c1-21-15-6-10(8-17)2-4-12(15)11-3-5-16-13(7-11)14(18)9-22(16,19)20/h2-7,17H,8-9H2,1H3. The van der Waals surface area contributed by atoms with Gasteiger partial charge in [-0.05, 0) is 29.3 Å². The van der Waals surface area contributed by atoms with Crippen LogP contribution in [0.5, 0.6) is 5.75 Å². The van der Waals surface area contributed by atoms with Crippen LogP contribution in [0.1, 0.15) is 15.9 Å². The number of benzene rings is 2. The highest BCUT2D eigenvalue weighted by atomic mass is 32.2. The lowest BCUT2D eigenvalue weighted by molar-refractivity contribution is 0.102. The molecule has 0 spiro atoms. The van der Waals surface area contributed by atoms with Crippen LogP contribution in [0.4, 0.5) is 0 Å². The number of fused-ring (bicyclic) bond motifs is 1. The average molecular weight is 318 g/mol. The Morgan fingerprint density at radius 1 is 1.14 bits per heavy atom. The van der Waals surface area contributed by atoms with Gasteiger partial charge in [0.15, 0.2) is 15.6 Å². The van der Waals surface area contributed by atoms with E-state index in [1.54, 1.807) is 30.3 Å². The number of aliphatic hydroxyl groups is 1. The van der Waals surface area contributed by atoms with Crippen molar-refractivity contribution in [3.05, 3.63) is 47.5 Å². The second-order valence-corrected chi connectivity index (χ2v) is 7.04. The Bertz CT molecular complexity index is 868. The van der Waals surface area contributed by atoms with Crippen LogP contribution in [0.2, 0.25) is 0 Å². The van der Waals surface area contributed by atoms with Crippen molar-refractivity contribution in [1.29, 1.82) is 0 Å². The lowest BCUT2D eigenvalue weighted by atomic mass is 9.99. The van der Waals surface area contributed by atoms with Crippen LogP contribution in [-0.2, 0) is 16.4 Å². The molecule has 5 nitrogen and oxygen atoms in total. The maximum absolute atomic E-state index is 11.9. The number of hydrogen-bond acceptors (Lipinski definition) is 5. The largest absolute Gasteiger partial charge is 0.496 e. The minimum Gasteiger partial charge on any atom is -0.496 e. The van der Waals surface area contributed by atoms with Crippen molar-refractivity contribution < 1.29 is 23.1 Å². The van der Waals surface area contributed by atoms with Crippen molar-refractivity contribution in [3.63, 3.8) is 0 Å². The summed E-state index contributed by atoms with van der Waals surface area (Å²) in [5.74, 6) is -0.297. The van der Waals surface area contributed by atoms with Gasteiger partial charge in [-0.2, -0.15) is 0 Å². The lowest BCUT2D eigenvalue weighted by Gasteiger charge is -2.11. The van der Waals surface area contributed by atoms with E-state index in [9.17, 15) is 18.3 Å². The van der Waals surface area contributed by atoms with Crippen LogP contribution >= 0.6 is 0 Å². The van der Waals surface area contributed by atoms with E-state index in [0.717, 1.165) is 5.56 Å². The van der Waals surface area contributed by atoms with Crippen LogP contribution in [-0.4, -0.2) is 32.2 Å². The van der Waals surface area contributed by atoms with Crippen molar-refractivity contribution in [2.45, 2.75) is 11.5 Å². The number of carbonyl (C=O) groups is 1. The van der Waals surface area contributed by atoms with Gasteiger partial charge in [-0.25, -0.2) is 8.42 Å². The fourth-order valence-electron chi connectivity index (χ4n) is 2.59. The molecule has 1 N–H and O–H groups in total. The molecule has 0 fully saturated rings. The lowest BCUT2D eigenvalue weighted by Crippen LogP contribution is -2.03. The van der Waals surface area contributed by atoms with E-state index in [4.69, 9.17) is 4.74 Å². The van der Waals surface area contributed by atoms with E-state index in [1.807, 2.05) is 0 Å². The molecule has 6 heteroatoms. The summed E-state index contributed by atoms with van der Waals surface area (Å²) in [5, 5.41) is 9.17. The molecule has 2 aromatic carbocycles. The van der Waals surface area contributed by atoms with Gasteiger partial charge >= 0.3 is 0 Å². The van der Waals surface area contributed by atoms with E-state index in [-0.39, 0.29) is 22.8 Å². The fourth-order valence-corrected chi connectivity index (χ4v) is 4.03. The summed E-state index contributed by atoms with van der Waals surface area (Å²) in [7, 11) is -1.98. The predicted molar refractivity (Wildman–Crippen MR) is 80.7 cm³/mol. The highest BCUT2D eigenvalue weighted by Crippen LogP contribution is 2.35. The summed E-state index contributed by atoms with van der Waals surface area (Å²) in [4.78, 5) is 12.0. The molecule has 0 aliphatic carbocycles. The normalized spacial score (nSPS) is 15.6. The topological polar surface area (TPSA) is 80.7 Å². The zero-order chi connectivity index (χ0) is 15.9. The van der Waals surface area contributed by atoms with E-state index >= 15 is 0 Å². The number of ketones is 1. The monoisotopic (exact) mass is 318 g/mol. The first-order valence-corrected chi connectivity index (χ1v) is 8.29. The van der Waals surface area contributed by atoms with Crippen LogP contribution < -0.4 is 4.74 Å². The Balaban J connectivity index is 2.16. The molecule has 0 aromatic heterocycles. The molecule has 0 radical (unpaired) electrons. The highest BCUT2D eigenvalue weighted by molar-refractivity contribution is 7.92. The maximum Gasteiger partial charge on any atom is 0.186 e. The number of ether oxygens (including phenoxy) is 1. The Hall–Kier alpha value is -2.18. The van der Waals surface area contributed by atoms with E-state index in [2.05, 4.69) is 0 Å². The molecule has 3 rings (SSSR count). The minimum absolute atomic E-state index is 0.0900. The first kappa shape index (κ1) is 14.7. The summed E-state index contributed by atoms with van der Waals surface area (Å²) in [5.41, 5.74) is 2.37. The predicted octanol–water partition coefficient (Wildman–Crippen LogP) is 1.82. The van der Waals surface area contributed by atoms with Crippen LogP contribution in [0.15, 0.2) is 41.3 Å². The van der Waals surface area contributed by atoms with Gasteiger partial charge in [0.1, 0.15) is 11.5 Å². The summed E-state index contributed by atoms with van der Waals surface area (Å²) < 4.78 is 29.0. The van der Waals surface area contributed by atoms with Crippen LogP contribution in [0, 0.1) is 0 Å². The highest BCUT2D eigenvalue weighted by Gasteiger charge is 2.33. The van der Waals surface area contributed by atoms with Gasteiger partial charge in [-0.15, -0.1) is 0 Å². The number of sulfone groups is 1. The molecule has 0 saturated carbocycles. The first-order valence-electron chi connectivity index (χ1n) is 6.64. The van der Waals surface area contributed by atoms with Gasteiger partial charge in [0, 0.05) is 11.1 Å². The Labute approximate surface area is 128 Å². The van der Waals surface area contributed by atoms with Crippen molar-refractivity contribution in [1.82, 2.24) is 0 Å². The number of carbonyl (C=O) groups excluding carboxylic acids is 1. The maximum atomic E-state index is 11.9. The third kappa shape index (κ3) is 2.30. The summed E-state index contributed by atoms with van der Waals surface area (Å²) >= 11 is 0. The van der Waals surface area contributed by atoms with Gasteiger partial charge in [0.05, 0.1) is 18.6 Å². The first-order chi connectivity index (χ1) is 10.5. The Kier molecular flexibility index (Phi) is 3.50. The molecule has 1 aliphatic rings. The van der Waals surface area contributed by atoms with E-state index in [1.165, 1.54) is 13.2 Å². The molecule has 1 aliphatic heterocycles. The van der Waals surface area contributed by atoms with Gasteiger partial charge < -0.3 is 9.84 Å². The molecule has 114 valence electrons. The SMILES string of the molecule is COc1cc(CO)ccc1-c1ccc2c(c1)C(=O)CS2(=O)=O. The summed E-state index contributed by atoms with van der Waals surface area (Å²) in [6.45, 7) is -0.0996. The van der Waals surface area contributed by atoms with Crippen molar-refractivity contribution >= 4 is 15.6 Å². The number of aliphatic hydroxyl groups excluding tert-OH is 1. The van der Waals surface area contributed by atoms with Crippen molar-refractivity contribution in [2.24, 2.45) is 0 Å². The van der Waals surface area contributed by atoms with E-state index < -0.39 is 15.6 Å². The van der Waals surface area contributed by atoms with Crippen LogP contribution in [0.25, 0.3) is 11.1 Å². The number of methoxy groups -OCH3 is 1. The number of rotatable bonds is 3. The molecule has 0 atom stereocenters. The molecule has 22 heavy (non-hydrogen) atoms. The number of Topliss-reactive ketones (excluding diaryl/α,β-unsaturated/α-hetero) is 1. The molecular weight excluding hydrogens is 304 g/mol. The minimum atomic E-state index is -3.49. The molecule has 0 unspecified atom stereocenters. The molecule has 0 amide bonds. The second kappa shape index (κ2) is 5.23. The summed E-state index contributed by atoms with van der Waals surface area (Å²) in [6.07, 6.45) is 0. The van der Waals surface area contributed by atoms with Crippen molar-refractivity contribution in [3.8, 4) is 16.9 Å². The average Bonchev–Trinajstić information content (AvgIpc) is 2.75. The van der Waals surface area contributed by atoms with Crippen LogP contribution in [0.3, 0.4) is 0 Å². The zero-order valence-corrected chi connectivity index (χ0v) is 12.7. The molecule has 0 bridgehead atoms.